The maximum Gasteiger partial charge on any atom is 0.217 e. The molecule has 0 saturated carbocycles. The van der Waals surface area contributed by atoms with Crippen LogP contribution < -0.4 is 5.32 Å². The smallest absolute Gasteiger partial charge is 0.217 e. The number of imidazole rings is 1. The highest BCUT2D eigenvalue weighted by molar-refractivity contribution is 5.72. The first-order valence-corrected chi connectivity index (χ1v) is 8.05. The van der Waals surface area contributed by atoms with Crippen molar-refractivity contribution in [3.63, 3.8) is 0 Å². The first-order valence-electron chi connectivity index (χ1n) is 8.05. The van der Waals surface area contributed by atoms with Crippen molar-refractivity contribution in [2.24, 2.45) is 0 Å². The van der Waals surface area contributed by atoms with Gasteiger partial charge in [-0.25, -0.2) is 4.98 Å². The van der Waals surface area contributed by atoms with Gasteiger partial charge in [0.25, 0.3) is 0 Å². The molecular formula is C17H23N5O. The van der Waals surface area contributed by atoms with E-state index in [1.165, 1.54) is 13.3 Å². The third-order valence-electron chi connectivity index (χ3n) is 4.38. The van der Waals surface area contributed by atoms with Gasteiger partial charge in [0.05, 0.1) is 23.8 Å². The average molecular weight is 313 g/mol. The molecule has 0 aliphatic carbocycles. The van der Waals surface area contributed by atoms with E-state index in [-0.39, 0.29) is 5.91 Å². The lowest BCUT2D eigenvalue weighted by Gasteiger charge is -2.23. The van der Waals surface area contributed by atoms with E-state index in [2.05, 4.69) is 44.2 Å². The number of likely N-dealkylation sites (tertiary alicyclic amines) is 1. The summed E-state index contributed by atoms with van der Waals surface area (Å²) >= 11 is 0. The van der Waals surface area contributed by atoms with Crippen molar-refractivity contribution in [3.8, 4) is 0 Å². The summed E-state index contributed by atoms with van der Waals surface area (Å²) in [4.78, 5) is 25.6. The summed E-state index contributed by atoms with van der Waals surface area (Å²) in [6, 6.07) is 4.48. The highest BCUT2D eigenvalue weighted by Gasteiger charge is 2.27. The number of carbonyl (C=O) groups excluding carboxylic acids is 1. The summed E-state index contributed by atoms with van der Waals surface area (Å²) in [5.41, 5.74) is 4.37. The summed E-state index contributed by atoms with van der Waals surface area (Å²) in [5, 5.41) is 2.79. The molecule has 0 spiro atoms. The minimum atomic E-state index is -0.0228. The lowest BCUT2D eigenvalue weighted by Crippen LogP contribution is -2.24. The first-order chi connectivity index (χ1) is 11.1. The number of hydrogen-bond acceptors (Lipinski definition) is 4. The molecule has 3 heterocycles. The lowest BCUT2D eigenvalue weighted by molar-refractivity contribution is -0.119. The standard InChI is InChI=1S/C17H23N5O/c1-12-16(21-11-20-12)10-22-7-3-4-17(22)15-6-5-14(9-19-15)8-18-13(2)23/h5-6,9,11,17H,3-4,7-8,10H2,1-2H3,(H,18,23)(H,20,21). The average Bonchev–Trinajstić information content (AvgIpc) is 3.16. The summed E-state index contributed by atoms with van der Waals surface area (Å²) in [7, 11) is 0. The van der Waals surface area contributed by atoms with E-state index in [9.17, 15) is 4.79 Å². The first kappa shape index (κ1) is 15.7. The monoisotopic (exact) mass is 313 g/mol. The molecule has 2 aromatic rings. The van der Waals surface area contributed by atoms with Gasteiger partial charge in [0.2, 0.25) is 5.91 Å². The number of hydrogen-bond donors (Lipinski definition) is 2. The second kappa shape index (κ2) is 6.91. The topological polar surface area (TPSA) is 73.9 Å². The number of nitrogens with one attached hydrogen (secondary N) is 2. The van der Waals surface area contributed by atoms with Crippen molar-refractivity contribution in [2.45, 2.75) is 45.8 Å². The van der Waals surface area contributed by atoms with E-state index in [4.69, 9.17) is 0 Å². The van der Waals surface area contributed by atoms with E-state index >= 15 is 0 Å². The molecule has 1 atom stereocenters. The van der Waals surface area contributed by atoms with Crippen LogP contribution in [0.25, 0.3) is 0 Å². The van der Waals surface area contributed by atoms with Gasteiger partial charge >= 0.3 is 0 Å². The third kappa shape index (κ3) is 3.76. The molecule has 6 heteroatoms. The van der Waals surface area contributed by atoms with Gasteiger partial charge in [-0.2, -0.15) is 0 Å². The number of H-pyrrole nitrogens is 1. The number of carbonyl (C=O) groups is 1. The second-order valence-corrected chi connectivity index (χ2v) is 6.10. The van der Waals surface area contributed by atoms with Crippen LogP contribution in [0.3, 0.4) is 0 Å². The van der Waals surface area contributed by atoms with Crippen molar-refractivity contribution < 1.29 is 4.79 Å². The Kier molecular flexibility index (Phi) is 4.71. The highest BCUT2D eigenvalue weighted by atomic mass is 16.1. The molecule has 2 aromatic heterocycles. The number of aromatic amines is 1. The molecular weight excluding hydrogens is 290 g/mol. The van der Waals surface area contributed by atoms with Crippen molar-refractivity contribution in [1.82, 2.24) is 25.2 Å². The van der Waals surface area contributed by atoms with Crippen LogP contribution in [0.15, 0.2) is 24.7 Å². The van der Waals surface area contributed by atoms with Crippen LogP contribution in [0.5, 0.6) is 0 Å². The normalized spacial score (nSPS) is 18.3. The SMILES string of the molecule is CC(=O)NCc1ccc(C2CCCN2Cc2nc[nH]c2C)nc1. The fourth-order valence-corrected chi connectivity index (χ4v) is 3.05. The van der Waals surface area contributed by atoms with Crippen LogP contribution in [-0.4, -0.2) is 32.3 Å². The molecule has 1 amide bonds. The van der Waals surface area contributed by atoms with Gasteiger partial charge in [-0.05, 0) is 37.9 Å². The Morgan fingerprint density at radius 2 is 2.30 bits per heavy atom. The van der Waals surface area contributed by atoms with E-state index in [0.29, 0.717) is 12.6 Å². The summed E-state index contributed by atoms with van der Waals surface area (Å²) in [6.45, 7) is 6.04. The fraction of sp³-hybridized carbons (Fsp3) is 0.471. The summed E-state index contributed by atoms with van der Waals surface area (Å²) in [6.07, 6.45) is 5.93. The van der Waals surface area contributed by atoms with Gasteiger partial charge in [-0.3, -0.25) is 14.7 Å². The Balaban J connectivity index is 1.67. The molecule has 2 N–H and O–H groups in total. The minimum absolute atomic E-state index is 0.0228. The Hall–Kier alpha value is -2.21. The maximum atomic E-state index is 11.0. The van der Waals surface area contributed by atoms with Crippen LogP contribution in [0.4, 0.5) is 0 Å². The zero-order chi connectivity index (χ0) is 16.2. The molecule has 0 radical (unpaired) electrons. The minimum Gasteiger partial charge on any atom is -0.352 e. The van der Waals surface area contributed by atoms with Crippen LogP contribution in [0, 0.1) is 6.92 Å². The van der Waals surface area contributed by atoms with Gasteiger partial charge < -0.3 is 10.3 Å². The van der Waals surface area contributed by atoms with Gasteiger partial charge in [0, 0.05) is 31.9 Å². The van der Waals surface area contributed by atoms with E-state index in [1.54, 1.807) is 6.33 Å². The predicted molar refractivity (Wildman–Crippen MR) is 87.5 cm³/mol. The van der Waals surface area contributed by atoms with Gasteiger partial charge in [0.1, 0.15) is 0 Å². The summed E-state index contributed by atoms with van der Waals surface area (Å²) in [5.74, 6) is -0.0228. The molecule has 1 aliphatic heterocycles. The van der Waals surface area contributed by atoms with Crippen LogP contribution in [0.2, 0.25) is 0 Å². The highest BCUT2D eigenvalue weighted by Crippen LogP contribution is 2.32. The lowest BCUT2D eigenvalue weighted by atomic mass is 10.1. The van der Waals surface area contributed by atoms with Crippen LogP contribution in [-0.2, 0) is 17.9 Å². The van der Waals surface area contributed by atoms with Crippen LogP contribution in [0.1, 0.15) is 48.5 Å². The van der Waals surface area contributed by atoms with Crippen molar-refractivity contribution >= 4 is 5.91 Å². The molecule has 6 nitrogen and oxygen atoms in total. The molecule has 0 bridgehead atoms. The van der Waals surface area contributed by atoms with Gasteiger partial charge in [0.15, 0.2) is 0 Å². The zero-order valence-corrected chi connectivity index (χ0v) is 13.7. The van der Waals surface area contributed by atoms with Crippen LogP contribution >= 0.6 is 0 Å². The molecule has 1 unspecified atom stereocenters. The molecule has 1 saturated heterocycles. The Morgan fingerprint density at radius 1 is 1.43 bits per heavy atom. The quantitative estimate of drug-likeness (QED) is 0.886. The van der Waals surface area contributed by atoms with Gasteiger partial charge in [-0.1, -0.05) is 6.07 Å². The Morgan fingerprint density at radius 3 is 2.96 bits per heavy atom. The van der Waals surface area contributed by atoms with Crippen molar-refractivity contribution in [2.75, 3.05) is 6.54 Å². The second-order valence-electron chi connectivity index (χ2n) is 6.10. The zero-order valence-electron chi connectivity index (χ0n) is 13.7. The van der Waals surface area contributed by atoms with E-state index in [0.717, 1.165) is 42.2 Å². The predicted octanol–water partition coefficient (Wildman–Crippen LogP) is 2.09. The number of aromatic nitrogens is 3. The molecule has 0 aromatic carbocycles. The van der Waals surface area contributed by atoms with Gasteiger partial charge in [-0.15, -0.1) is 0 Å². The third-order valence-corrected chi connectivity index (χ3v) is 4.38. The van der Waals surface area contributed by atoms with E-state index < -0.39 is 0 Å². The largest absolute Gasteiger partial charge is 0.352 e. The molecule has 3 rings (SSSR count). The molecule has 122 valence electrons. The Labute approximate surface area is 136 Å². The number of pyridine rings is 1. The number of aryl methyl sites for hydroxylation is 1. The van der Waals surface area contributed by atoms with Crippen molar-refractivity contribution in [3.05, 3.63) is 47.3 Å². The fourth-order valence-electron chi connectivity index (χ4n) is 3.05. The molecule has 23 heavy (non-hydrogen) atoms. The maximum absolute atomic E-state index is 11.0. The number of rotatable bonds is 5. The molecule has 1 aliphatic rings. The number of nitrogens with zero attached hydrogens (tertiary/aromatic N) is 3. The Bertz CT molecular complexity index is 664. The van der Waals surface area contributed by atoms with Crippen molar-refractivity contribution in [1.29, 1.82) is 0 Å². The van der Waals surface area contributed by atoms with E-state index in [1.807, 2.05) is 6.20 Å². The number of amides is 1. The molecule has 1 fully saturated rings. The summed E-state index contributed by atoms with van der Waals surface area (Å²) < 4.78 is 0.